The topological polar surface area (TPSA) is 56.3 Å². The molecule has 0 bridgehead atoms. The van der Waals surface area contributed by atoms with Crippen LogP contribution < -0.4 is 14.8 Å². The van der Waals surface area contributed by atoms with E-state index in [4.69, 9.17) is 21.1 Å². The van der Waals surface area contributed by atoms with Gasteiger partial charge in [0.15, 0.2) is 0 Å². The van der Waals surface area contributed by atoms with Crippen molar-refractivity contribution >= 4 is 17.4 Å². The lowest BCUT2D eigenvalue weighted by Crippen LogP contribution is -2.06. The quantitative estimate of drug-likeness (QED) is 0.918. The van der Waals surface area contributed by atoms with Crippen LogP contribution in [0.4, 0.5) is 5.82 Å². The van der Waals surface area contributed by atoms with Crippen molar-refractivity contribution in [3.63, 3.8) is 0 Å². The van der Waals surface area contributed by atoms with Crippen LogP contribution in [-0.2, 0) is 6.54 Å². The van der Waals surface area contributed by atoms with E-state index in [9.17, 15) is 0 Å². The number of aromatic nitrogens is 2. The zero-order valence-electron chi connectivity index (χ0n) is 11.6. The number of anilines is 1. The van der Waals surface area contributed by atoms with E-state index in [0.717, 1.165) is 16.9 Å². The van der Waals surface area contributed by atoms with E-state index in [0.29, 0.717) is 23.3 Å². The van der Waals surface area contributed by atoms with Crippen LogP contribution in [0.5, 0.6) is 11.6 Å². The second-order valence-electron chi connectivity index (χ2n) is 4.13. The molecule has 5 nitrogen and oxygen atoms in total. The Kier molecular flexibility index (Phi) is 4.63. The molecule has 106 valence electrons. The predicted molar refractivity (Wildman–Crippen MR) is 78.7 cm³/mol. The molecule has 6 heteroatoms. The molecule has 0 unspecified atom stereocenters. The van der Waals surface area contributed by atoms with Gasteiger partial charge in [0.1, 0.15) is 17.9 Å². The summed E-state index contributed by atoms with van der Waals surface area (Å²) < 4.78 is 10.5. The van der Waals surface area contributed by atoms with E-state index in [1.165, 1.54) is 6.33 Å². The third-order valence-electron chi connectivity index (χ3n) is 2.96. The molecule has 0 aliphatic heterocycles. The van der Waals surface area contributed by atoms with E-state index >= 15 is 0 Å². The fourth-order valence-electron chi connectivity index (χ4n) is 1.89. The number of nitrogens with zero attached hydrogens (tertiary/aromatic N) is 2. The summed E-state index contributed by atoms with van der Waals surface area (Å²) in [5, 5.41) is 3.87. The molecule has 0 saturated carbocycles. The standard InChI is InChI=1S/C14H16ClN3O2/c1-9-13(17-8-18-14(9)20-3)16-7-10-11(15)5-4-6-12(10)19-2/h4-6,8H,7H2,1-3H3,(H,16,17,18). The van der Waals surface area contributed by atoms with Gasteiger partial charge < -0.3 is 14.8 Å². The first kappa shape index (κ1) is 14.4. The summed E-state index contributed by atoms with van der Waals surface area (Å²) in [6.07, 6.45) is 1.46. The van der Waals surface area contributed by atoms with Crippen LogP contribution in [0, 0.1) is 6.92 Å². The molecular formula is C14H16ClN3O2. The third kappa shape index (κ3) is 2.93. The summed E-state index contributed by atoms with van der Waals surface area (Å²) in [4.78, 5) is 8.24. The minimum atomic E-state index is 0.504. The maximum Gasteiger partial charge on any atom is 0.221 e. The fraction of sp³-hybridized carbons (Fsp3) is 0.286. The van der Waals surface area contributed by atoms with Gasteiger partial charge in [0.05, 0.1) is 19.8 Å². The number of nitrogens with one attached hydrogen (secondary N) is 1. The molecule has 0 radical (unpaired) electrons. The van der Waals surface area contributed by atoms with Crippen LogP contribution in [0.25, 0.3) is 0 Å². The number of ether oxygens (including phenoxy) is 2. The molecule has 0 atom stereocenters. The van der Waals surface area contributed by atoms with Gasteiger partial charge in [-0.2, -0.15) is 0 Å². The monoisotopic (exact) mass is 293 g/mol. The van der Waals surface area contributed by atoms with E-state index < -0.39 is 0 Å². The van der Waals surface area contributed by atoms with Crippen LogP contribution in [0.15, 0.2) is 24.5 Å². The molecule has 1 aromatic heterocycles. The smallest absolute Gasteiger partial charge is 0.221 e. The predicted octanol–water partition coefficient (Wildman–Crippen LogP) is 3.07. The van der Waals surface area contributed by atoms with Crippen LogP contribution in [0.2, 0.25) is 5.02 Å². The molecular weight excluding hydrogens is 278 g/mol. The van der Waals surface area contributed by atoms with Crippen molar-refractivity contribution in [1.29, 1.82) is 0 Å². The van der Waals surface area contributed by atoms with Crippen molar-refractivity contribution in [3.8, 4) is 11.6 Å². The average molecular weight is 294 g/mol. The number of halogens is 1. The molecule has 0 spiro atoms. The first-order valence-corrected chi connectivity index (χ1v) is 6.46. The molecule has 0 aliphatic carbocycles. The lowest BCUT2D eigenvalue weighted by molar-refractivity contribution is 0.393. The Morgan fingerprint density at radius 2 is 2.00 bits per heavy atom. The van der Waals surface area contributed by atoms with Crippen LogP contribution >= 0.6 is 11.6 Å². The highest BCUT2D eigenvalue weighted by atomic mass is 35.5. The van der Waals surface area contributed by atoms with E-state index in [1.54, 1.807) is 14.2 Å². The minimum absolute atomic E-state index is 0.504. The van der Waals surface area contributed by atoms with Crippen molar-refractivity contribution < 1.29 is 9.47 Å². The largest absolute Gasteiger partial charge is 0.496 e. The Bertz CT molecular complexity index is 605. The molecule has 0 amide bonds. The van der Waals surface area contributed by atoms with Crippen molar-refractivity contribution in [3.05, 3.63) is 40.7 Å². The Balaban J connectivity index is 2.21. The Morgan fingerprint density at radius 1 is 1.20 bits per heavy atom. The molecule has 0 fully saturated rings. The van der Waals surface area contributed by atoms with Crippen molar-refractivity contribution in [2.45, 2.75) is 13.5 Å². The van der Waals surface area contributed by atoms with Gasteiger partial charge in [0, 0.05) is 17.1 Å². The van der Waals surface area contributed by atoms with E-state index in [1.807, 2.05) is 25.1 Å². The number of rotatable bonds is 5. The summed E-state index contributed by atoms with van der Waals surface area (Å²) in [7, 11) is 3.20. The van der Waals surface area contributed by atoms with E-state index in [-0.39, 0.29) is 0 Å². The number of hydrogen-bond donors (Lipinski definition) is 1. The van der Waals surface area contributed by atoms with Gasteiger partial charge >= 0.3 is 0 Å². The van der Waals surface area contributed by atoms with Crippen molar-refractivity contribution in [2.24, 2.45) is 0 Å². The Labute approximate surface area is 122 Å². The summed E-state index contributed by atoms with van der Waals surface area (Å²) >= 11 is 6.20. The van der Waals surface area contributed by atoms with Gasteiger partial charge in [-0.15, -0.1) is 0 Å². The van der Waals surface area contributed by atoms with Gasteiger partial charge in [-0.25, -0.2) is 9.97 Å². The van der Waals surface area contributed by atoms with Crippen LogP contribution in [-0.4, -0.2) is 24.2 Å². The second kappa shape index (κ2) is 6.43. The number of hydrogen-bond acceptors (Lipinski definition) is 5. The molecule has 1 aromatic carbocycles. The lowest BCUT2D eigenvalue weighted by Gasteiger charge is -2.13. The van der Waals surface area contributed by atoms with Crippen LogP contribution in [0.3, 0.4) is 0 Å². The summed E-state index contributed by atoms with van der Waals surface area (Å²) in [6.45, 7) is 2.40. The Hall–Kier alpha value is -2.01. The zero-order valence-corrected chi connectivity index (χ0v) is 12.4. The fourth-order valence-corrected chi connectivity index (χ4v) is 2.12. The zero-order chi connectivity index (χ0) is 14.5. The van der Waals surface area contributed by atoms with E-state index in [2.05, 4.69) is 15.3 Å². The average Bonchev–Trinajstić information content (AvgIpc) is 2.47. The number of benzene rings is 1. The molecule has 2 rings (SSSR count). The van der Waals surface area contributed by atoms with Gasteiger partial charge in [0.25, 0.3) is 0 Å². The highest BCUT2D eigenvalue weighted by Gasteiger charge is 2.10. The minimum Gasteiger partial charge on any atom is -0.496 e. The van der Waals surface area contributed by atoms with Gasteiger partial charge in [-0.1, -0.05) is 17.7 Å². The molecule has 1 N–H and O–H groups in total. The summed E-state index contributed by atoms with van der Waals surface area (Å²) in [5.74, 6) is 2.00. The molecule has 20 heavy (non-hydrogen) atoms. The highest BCUT2D eigenvalue weighted by Crippen LogP contribution is 2.28. The lowest BCUT2D eigenvalue weighted by atomic mass is 10.2. The first-order valence-electron chi connectivity index (χ1n) is 6.08. The second-order valence-corrected chi connectivity index (χ2v) is 4.54. The molecule has 0 saturated heterocycles. The Morgan fingerprint density at radius 3 is 2.70 bits per heavy atom. The van der Waals surface area contributed by atoms with Gasteiger partial charge in [-0.05, 0) is 19.1 Å². The first-order chi connectivity index (χ1) is 9.67. The highest BCUT2D eigenvalue weighted by molar-refractivity contribution is 6.31. The SMILES string of the molecule is COc1cccc(Cl)c1CNc1ncnc(OC)c1C. The maximum atomic E-state index is 6.20. The summed E-state index contributed by atoms with van der Waals surface area (Å²) in [5.41, 5.74) is 1.73. The normalized spacial score (nSPS) is 10.2. The molecule has 1 heterocycles. The van der Waals surface area contributed by atoms with Crippen molar-refractivity contribution in [2.75, 3.05) is 19.5 Å². The maximum absolute atomic E-state index is 6.20. The summed E-state index contributed by atoms with van der Waals surface area (Å²) in [6, 6.07) is 5.55. The number of methoxy groups -OCH3 is 2. The van der Waals surface area contributed by atoms with Crippen LogP contribution in [0.1, 0.15) is 11.1 Å². The third-order valence-corrected chi connectivity index (χ3v) is 3.31. The molecule has 0 aliphatic rings. The van der Waals surface area contributed by atoms with Gasteiger partial charge in [0.2, 0.25) is 5.88 Å². The van der Waals surface area contributed by atoms with Gasteiger partial charge in [-0.3, -0.25) is 0 Å². The van der Waals surface area contributed by atoms with Crippen molar-refractivity contribution in [1.82, 2.24) is 9.97 Å². The molecule has 2 aromatic rings.